The molecule has 1 aromatic carbocycles. The van der Waals surface area contributed by atoms with Gasteiger partial charge in [0.25, 0.3) is 0 Å². The van der Waals surface area contributed by atoms with Crippen LogP contribution in [0.1, 0.15) is 43.4 Å². The summed E-state index contributed by atoms with van der Waals surface area (Å²) in [6.07, 6.45) is 4.22. The van der Waals surface area contributed by atoms with E-state index in [1.165, 1.54) is 18.5 Å². The van der Waals surface area contributed by atoms with Gasteiger partial charge in [-0.15, -0.1) is 0 Å². The van der Waals surface area contributed by atoms with Gasteiger partial charge in [0.1, 0.15) is 0 Å². The van der Waals surface area contributed by atoms with Gasteiger partial charge in [-0.1, -0.05) is 31.2 Å². The zero-order valence-corrected chi connectivity index (χ0v) is 13.3. The molecule has 0 aromatic heterocycles. The van der Waals surface area contributed by atoms with Crippen LogP contribution in [0.25, 0.3) is 0 Å². The van der Waals surface area contributed by atoms with Crippen molar-refractivity contribution in [3.8, 4) is 0 Å². The smallest absolute Gasteiger partial charge is 0.0948 e. The molecule has 3 nitrogen and oxygen atoms in total. The number of aliphatic hydroxyl groups excluding tert-OH is 1. The van der Waals surface area contributed by atoms with Crippen LogP contribution >= 0.6 is 0 Å². The Labute approximate surface area is 128 Å². The highest BCUT2D eigenvalue weighted by atomic mass is 16.3. The van der Waals surface area contributed by atoms with Crippen molar-refractivity contribution in [2.45, 2.75) is 50.8 Å². The second-order valence-electron chi connectivity index (χ2n) is 6.67. The van der Waals surface area contributed by atoms with Crippen LogP contribution in [0, 0.1) is 0 Å². The number of fused-ring (bicyclic) bond motifs is 1. The molecule has 3 rings (SSSR count). The van der Waals surface area contributed by atoms with Crippen molar-refractivity contribution >= 4 is 0 Å². The summed E-state index contributed by atoms with van der Waals surface area (Å²) >= 11 is 0. The van der Waals surface area contributed by atoms with Crippen molar-refractivity contribution in [3.05, 3.63) is 35.4 Å². The molecule has 0 radical (unpaired) electrons. The molecule has 0 saturated carbocycles. The minimum absolute atomic E-state index is 0.288. The highest BCUT2D eigenvalue weighted by Crippen LogP contribution is 2.34. The zero-order chi connectivity index (χ0) is 14.8. The number of likely N-dealkylation sites (N-methyl/N-ethyl adjacent to an activating group) is 1. The van der Waals surface area contributed by atoms with Crippen LogP contribution in [-0.4, -0.2) is 53.7 Å². The fourth-order valence-corrected chi connectivity index (χ4v) is 4.13. The second kappa shape index (κ2) is 6.47. The van der Waals surface area contributed by atoms with Gasteiger partial charge in [0.2, 0.25) is 0 Å². The third kappa shape index (κ3) is 3.01. The molecule has 0 spiro atoms. The van der Waals surface area contributed by atoms with E-state index < -0.39 is 0 Å². The first-order valence-electron chi connectivity index (χ1n) is 8.41. The van der Waals surface area contributed by atoms with Crippen LogP contribution in [0.3, 0.4) is 0 Å². The van der Waals surface area contributed by atoms with Crippen LogP contribution in [0.15, 0.2) is 24.3 Å². The standard InChI is InChI=1S/C18H28N2O/c1-3-15-13-19(2)11-6-12-20(15)17-10-9-14-7-4-5-8-16(14)18(17)21/h4-5,7-8,15,17-18,21H,3,6,9-13H2,1-2H3. The number of aliphatic hydroxyl groups is 1. The number of nitrogens with zero attached hydrogens (tertiary/aromatic N) is 2. The molecule has 116 valence electrons. The number of hydrogen-bond donors (Lipinski definition) is 1. The van der Waals surface area contributed by atoms with E-state index in [0.29, 0.717) is 6.04 Å². The molecule has 1 saturated heterocycles. The Bertz CT molecular complexity index is 476. The van der Waals surface area contributed by atoms with Gasteiger partial charge < -0.3 is 10.0 Å². The monoisotopic (exact) mass is 288 g/mol. The molecule has 1 N–H and O–H groups in total. The van der Waals surface area contributed by atoms with Crippen molar-refractivity contribution in [2.75, 3.05) is 26.7 Å². The van der Waals surface area contributed by atoms with Crippen molar-refractivity contribution < 1.29 is 5.11 Å². The average molecular weight is 288 g/mol. The summed E-state index contributed by atoms with van der Waals surface area (Å²) in [5.41, 5.74) is 2.49. The Balaban J connectivity index is 1.83. The largest absolute Gasteiger partial charge is 0.387 e. The van der Waals surface area contributed by atoms with Crippen molar-refractivity contribution in [1.82, 2.24) is 9.80 Å². The van der Waals surface area contributed by atoms with Crippen LogP contribution in [0.4, 0.5) is 0 Å². The fourth-order valence-electron chi connectivity index (χ4n) is 4.13. The van der Waals surface area contributed by atoms with E-state index in [2.05, 4.69) is 48.0 Å². The van der Waals surface area contributed by atoms with Gasteiger partial charge in [0.15, 0.2) is 0 Å². The quantitative estimate of drug-likeness (QED) is 0.905. The van der Waals surface area contributed by atoms with Gasteiger partial charge in [-0.25, -0.2) is 0 Å². The number of aryl methyl sites for hydroxylation is 1. The van der Waals surface area contributed by atoms with E-state index in [-0.39, 0.29) is 12.1 Å². The van der Waals surface area contributed by atoms with Crippen LogP contribution < -0.4 is 0 Å². The molecule has 3 heteroatoms. The molecule has 1 fully saturated rings. The maximum absolute atomic E-state index is 10.9. The molecule has 3 unspecified atom stereocenters. The summed E-state index contributed by atoms with van der Waals surface area (Å²) in [6, 6.07) is 9.28. The molecule has 1 aliphatic heterocycles. The van der Waals surface area contributed by atoms with Gasteiger partial charge in [-0.2, -0.15) is 0 Å². The van der Waals surface area contributed by atoms with Gasteiger partial charge in [0, 0.05) is 25.2 Å². The highest BCUT2D eigenvalue weighted by molar-refractivity contribution is 5.32. The number of hydrogen-bond acceptors (Lipinski definition) is 3. The van der Waals surface area contributed by atoms with E-state index in [9.17, 15) is 5.11 Å². The lowest BCUT2D eigenvalue weighted by atomic mass is 9.84. The zero-order valence-electron chi connectivity index (χ0n) is 13.3. The Kier molecular flexibility index (Phi) is 4.63. The second-order valence-corrected chi connectivity index (χ2v) is 6.67. The molecule has 21 heavy (non-hydrogen) atoms. The maximum Gasteiger partial charge on any atom is 0.0948 e. The third-order valence-electron chi connectivity index (χ3n) is 5.29. The third-order valence-corrected chi connectivity index (χ3v) is 5.29. The van der Waals surface area contributed by atoms with Gasteiger partial charge >= 0.3 is 0 Å². The molecular weight excluding hydrogens is 260 g/mol. The maximum atomic E-state index is 10.9. The Hall–Kier alpha value is -0.900. The highest BCUT2D eigenvalue weighted by Gasteiger charge is 2.36. The molecule has 1 aliphatic carbocycles. The van der Waals surface area contributed by atoms with Gasteiger partial charge in [-0.3, -0.25) is 4.90 Å². The lowest BCUT2D eigenvalue weighted by Gasteiger charge is -2.42. The summed E-state index contributed by atoms with van der Waals surface area (Å²) in [7, 11) is 2.22. The molecule has 3 atom stereocenters. The first kappa shape index (κ1) is 15.0. The molecule has 1 heterocycles. The molecule has 2 aliphatic rings. The number of benzene rings is 1. The van der Waals surface area contributed by atoms with Crippen LogP contribution in [0.2, 0.25) is 0 Å². The fraction of sp³-hybridized carbons (Fsp3) is 0.667. The first-order chi connectivity index (χ1) is 10.2. The summed E-state index contributed by atoms with van der Waals surface area (Å²) in [6.45, 7) is 5.69. The minimum atomic E-state index is -0.326. The lowest BCUT2D eigenvalue weighted by Crippen LogP contribution is -2.49. The average Bonchev–Trinajstić information content (AvgIpc) is 2.69. The Morgan fingerprint density at radius 1 is 1.24 bits per heavy atom. The van der Waals surface area contributed by atoms with Crippen LogP contribution in [-0.2, 0) is 6.42 Å². The van der Waals surface area contributed by atoms with Gasteiger partial charge in [-0.05, 0) is 50.4 Å². The first-order valence-corrected chi connectivity index (χ1v) is 8.41. The van der Waals surface area contributed by atoms with Crippen molar-refractivity contribution in [3.63, 3.8) is 0 Å². The van der Waals surface area contributed by atoms with Crippen LogP contribution in [0.5, 0.6) is 0 Å². The van der Waals surface area contributed by atoms with Crippen molar-refractivity contribution in [1.29, 1.82) is 0 Å². The summed E-state index contributed by atoms with van der Waals surface area (Å²) in [4.78, 5) is 5.04. The number of rotatable bonds is 2. The Morgan fingerprint density at radius 2 is 2.05 bits per heavy atom. The summed E-state index contributed by atoms with van der Waals surface area (Å²) in [5.74, 6) is 0. The molecule has 1 aromatic rings. The molecule has 0 bridgehead atoms. The lowest BCUT2D eigenvalue weighted by molar-refractivity contribution is 0.0119. The summed E-state index contributed by atoms with van der Waals surface area (Å²) in [5, 5.41) is 10.9. The van der Waals surface area contributed by atoms with E-state index in [0.717, 1.165) is 37.9 Å². The van der Waals surface area contributed by atoms with E-state index in [4.69, 9.17) is 0 Å². The summed E-state index contributed by atoms with van der Waals surface area (Å²) < 4.78 is 0. The predicted octanol–water partition coefficient (Wildman–Crippen LogP) is 2.45. The van der Waals surface area contributed by atoms with E-state index in [1.54, 1.807) is 0 Å². The normalized spacial score (nSPS) is 31.7. The van der Waals surface area contributed by atoms with E-state index in [1.807, 2.05) is 0 Å². The van der Waals surface area contributed by atoms with E-state index >= 15 is 0 Å². The molecule has 0 amide bonds. The predicted molar refractivity (Wildman–Crippen MR) is 86.4 cm³/mol. The SMILES string of the molecule is CCC1CN(C)CCCN1C1CCc2ccccc2C1O. The Morgan fingerprint density at radius 3 is 2.86 bits per heavy atom. The minimum Gasteiger partial charge on any atom is -0.387 e. The van der Waals surface area contributed by atoms with Gasteiger partial charge in [0.05, 0.1) is 6.10 Å². The van der Waals surface area contributed by atoms with Crippen molar-refractivity contribution in [2.24, 2.45) is 0 Å². The molecular formula is C18H28N2O. The topological polar surface area (TPSA) is 26.7 Å².